The van der Waals surface area contributed by atoms with Gasteiger partial charge in [0.2, 0.25) is 0 Å². The van der Waals surface area contributed by atoms with Crippen LogP contribution in [0.1, 0.15) is 21.7 Å². The summed E-state index contributed by atoms with van der Waals surface area (Å²) in [4.78, 5) is 12.3. The summed E-state index contributed by atoms with van der Waals surface area (Å²) in [5, 5.41) is 5.79. The Balaban J connectivity index is 1.67. The highest BCUT2D eigenvalue weighted by Crippen LogP contribution is 2.24. The second kappa shape index (κ2) is 7.85. The molecule has 26 heavy (non-hydrogen) atoms. The summed E-state index contributed by atoms with van der Waals surface area (Å²) >= 11 is 8.58. The molecule has 4 nitrogen and oxygen atoms in total. The van der Waals surface area contributed by atoms with Gasteiger partial charge in [0, 0.05) is 15.7 Å². The maximum absolute atomic E-state index is 12.3. The van der Waals surface area contributed by atoms with Gasteiger partial charge in [0.1, 0.15) is 5.76 Å². The summed E-state index contributed by atoms with van der Waals surface area (Å²) < 4.78 is 6.61. The third-order valence-electron chi connectivity index (χ3n) is 3.93. The van der Waals surface area contributed by atoms with Crippen molar-refractivity contribution in [2.24, 2.45) is 0 Å². The number of hydrogen-bond donors (Lipinski definition) is 2. The zero-order valence-corrected chi connectivity index (χ0v) is 16.7. The van der Waals surface area contributed by atoms with Crippen LogP contribution in [0.25, 0.3) is 11.3 Å². The molecule has 3 aromatic rings. The maximum Gasteiger partial charge on any atom is 0.293 e. The molecule has 2 N–H and O–H groups in total. The Morgan fingerprint density at radius 2 is 1.85 bits per heavy atom. The Labute approximate surface area is 165 Å². The van der Waals surface area contributed by atoms with Crippen molar-refractivity contribution >= 4 is 44.9 Å². The quantitative estimate of drug-likeness (QED) is 0.544. The summed E-state index contributed by atoms with van der Waals surface area (Å²) in [7, 11) is 0. The molecule has 0 saturated carbocycles. The molecule has 1 heterocycles. The predicted octanol–water partition coefficient (Wildman–Crippen LogP) is 5.45. The van der Waals surface area contributed by atoms with E-state index in [9.17, 15) is 4.79 Å². The second-order valence-electron chi connectivity index (χ2n) is 5.88. The number of carbonyl (C=O) groups excluding carboxylic acids is 1. The molecule has 1 aromatic heterocycles. The zero-order valence-electron chi connectivity index (χ0n) is 14.3. The zero-order chi connectivity index (χ0) is 18.7. The molecule has 0 bridgehead atoms. The van der Waals surface area contributed by atoms with E-state index >= 15 is 0 Å². The van der Waals surface area contributed by atoms with E-state index in [1.807, 2.05) is 49.4 Å². The van der Waals surface area contributed by atoms with Gasteiger partial charge in [-0.25, -0.2) is 0 Å². The van der Waals surface area contributed by atoms with E-state index < -0.39 is 5.91 Å². The van der Waals surface area contributed by atoms with E-state index in [1.165, 1.54) is 11.1 Å². The third-order valence-corrected chi connectivity index (χ3v) is 4.63. The first-order chi connectivity index (χ1) is 12.4. The molecule has 3 rings (SSSR count). The van der Waals surface area contributed by atoms with Crippen molar-refractivity contribution in [2.45, 2.75) is 13.8 Å². The summed E-state index contributed by atoms with van der Waals surface area (Å²) in [5.41, 5.74) is 4.09. The fourth-order valence-electron chi connectivity index (χ4n) is 2.40. The lowest BCUT2D eigenvalue weighted by Crippen LogP contribution is -2.33. The van der Waals surface area contributed by atoms with Crippen molar-refractivity contribution in [3.05, 3.63) is 76.0 Å². The lowest BCUT2D eigenvalue weighted by Gasteiger charge is -2.08. The van der Waals surface area contributed by atoms with Gasteiger partial charge in [-0.3, -0.25) is 10.1 Å². The lowest BCUT2D eigenvalue weighted by atomic mass is 10.1. The average Bonchev–Trinajstić information content (AvgIpc) is 3.07. The molecule has 0 spiro atoms. The molecular weight excluding hydrogens is 412 g/mol. The molecule has 2 aromatic carbocycles. The number of halogens is 1. The van der Waals surface area contributed by atoms with Crippen molar-refractivity contribution < 1.29 is 9.21 Å². The van der Waals surface area contributed by atoms with Crippen LogP contribution in [-0.2, 0) is 0 Å². The van der Waals surface area contributed by atoms with Crippen LogP contribution < -0.4 is 10.6 Å². The van der Waals surface area contributed by atoms with Gasteiger partial charge in [-0.2, -0.15) is 0 Å². The van der Waals surface area contributed by atoms with E-state index in [0.717, 1.165) is 15.7 Å². The minimum Gasteiger partial charge on any atom is -0.451 e. The van der Waals surface area contributed by atoms with Gasteiger partial charge >= 0.3 is 0 Å². The SMILES string of the molecule is Cc1ccc(-c2ccc(C(=O)NC(=S)Nc3cccc(Br)c3)o2)cc1C. The highest BCUT2D eigenvalue weighted by Gasteiger charge is 2.14. The van der Waals surface area contributed by atoms with Gasteiger partial charge in [0.25, 0.3) is 5.91 Å². The summed E-state index contributed by atoms with van der Waals surface area (Å²) in [6, 6.07) is 17.0. The molecule has 0 atom stereocenters. The molecule has 132 valence electrons. The van der Waals surface area contributed by atoms with Crippen LogP contribution in [0.5, 0.6) is 0 Å². The molecule has 0 aliphatic heterocycles. The fourth-order valence-corrected chi connectivity index (χ4v) is 3.01. The first-order valence-electron chi connectivity index (χ1n) is 7.98. The normalized spacial score (nSPS) is 10.4. The Morgan fingerprint density at radius 1 is 1.04 bits per heavy atom. The van der Waals surface area contributed by atoms with Crippen molar-refractivity contribution in [3.8, 4) is 11.3 Å². The molecule has 1 amide bonds. The van der Waals surface area contributed by atoms with Gasteiger partial charge in [0.05, 0.1) is 0 Å². The number of benzene rings is 2. The second-order valence-corrected chi connectivity index (χ2v) is 7.21. The number of anilines is 1. The number of furan rings is 1. The molecular formula is C20H17BrN2O2S. The third kappa shape index (κ3) is 4.39. The lowest BCUT2D eigenvalue weighted by molar-refractivity contribution is 0.0951. The molecule has 0 radical (unpaired) electrons. The van der Waals surface area contributed by atoms with E-state index in [1.54, 1.807) is 12.1 Å². The van der Waals surface area contributed by atoms with Crippen LogP contribution in [0, 0.1) is 13.8 Å². The van der Waals surface area contributed by atoms with E-state index in [-0.39, 0.29) is 10.9 Å². The van der Waals surface area contributed by atoms with Crippen LogP contribution in [-0.4, -0.2) is 11.0 Å². The molecule has 0 fully saturated rings. The van der Waals surface area contributed by atoms with Crippen molar-refractivity contribution in [3.63, 3.8) is 0 Å². The van der Waals surface area contributed by atoms with Gasteiger partial charge < -0.3 is 9.73 Å². The molecule has 0 aliphatic rings. The van der Waals surface area contributed by atoms with E-state index in [4.69, 9.17) is 16.6 Å². The van der Waals surface area contributed by atoms with Gasteiger partial charge in [-0.05, 0) is 73.6 Å². The summed E-state index contributed by atoms with van der Waals surface area (Å²) in [5.74, 6) is 0.452. The number of aryl methyl sites for hydroxylation is 2. The summed E-state index contributed by atoms with van der Waals surface area (Å²) in [6.07, 6.45) is 0. The Bertz CT molecular complexity index is 981. The number of thiocarbonyl (C=S) groups is 1. The molecule has 6 heteroatoms. The van der Waals surface area contributed by atoms with Crippen LogP contribution in [0.15, 0.2) is 63.5 Å². The number of nitrogens with one attached hydrogen (secondary N) is 2. The Morgan fingerprint density at radius 3 is 2.58 bits per heavy atom. The Hall–Kier alpha value is -2.44. The van der Waals surface area contributed by atoms with Crippen molar-refractivity contribution in [1.82, 2.24) is 5.32 Å². The predicted molar refractivity (Wildman–Crippen MR) is 111 cm³/mol. The average molecular weight is 429 g/mol. The minimum absolute atomic E-state index is 0.205. The van der Waals surface area contributed by atoms with Gasteiger partial charge in [-0.15, -0.1) is 0 Å². The number of carbonyl (C=O) groups is 1. The fraction of sp³-hybridized carbons (Fsp3) is 0.100. The van der Waals surface area contributed by atoms with Crippen molar-refractivity contribution in [2.75, 3.05) is 5.32 Å². The highest BCUT2D eigenvalue weighted by atomic mass is 79.9. The van der Waals surface area contributed by atoms with Gasteiger partial charge in [0.15, 0.2) is 10.9 Å². The molecule has 0 unspecified atom stereocenters. The Kier molecular flexibility index (Phi) is 5.54. The topological polar surface area (TPSA) is 54.3 Å². The van der Waals surface area contributed by atoms with E-state index in [2.05, 4.69) is 33.5 Å². The molecule has 0 aliphatic carbocycles. The standard InChI is InChI=1S/C20H17BrN2O2S/c1-12-6-7-14(10-13(12)2)17-8-9-18(25-17)19(24)23-20(26)22-16-5-3-4-15(21)11-16/h3-11H,1-2H3,(H2,22,23,24,26). The monoisotopic (exact) mass is 428 g/mol. The number of hydrogen-bond acceptors (Lipinski definition) is 3. The summed E-state index contributed by atoms with van der Waals surface area (Å²) in [6.45, 7) is 4.10. The van der Waals surface area contributed by atoms with E-state index in [0.29, 0.717) is 5.76 Å². The number of rotatable bonds is 3. The largest absolute Gasteiger partial charge is 0.451 e. The van der Waals surface area contributed by atoms with Crippen LogP contribution >= 0.6 is 28.1 Å². The first kappa shape index (κ1) is 18.4. The van der Waals surface area contributed by atoms with Gasteiger partial charge in [-0.1, -0.05) is 34.1 Å². The van der Waals surface area contributed by atoms with Crippen molar-refractivity contribution in [1.29, 1.82) is 0 Å². The van der Waals surface area contributed by atoms with Crippen LogP contribution in [0.4, 0.5) is 5.69 Å². The minimum atomic E-state index is -0.396. The number of amides is 1. The van der Waals surface area contributed by atoms with Crippen LogP contribution in [0.3, 0.4) is 0 Å². The smallest absolute Gasteiger partial charge is 0.293 e. The molecule has 0 saturated heterocycles. The maximum atomic E-state index is 12.3. The van der Waals surface area contributed by atoms with Crippen LogP contribution in [0.2, 0.25) is 0 Å². The first-order valence-corrected chi connectivity index (χ1v) is 9.18. The highest BCUT2D eigenvalue weighted by molar-refractivity contribution is 9.10.